The zero-order chi connectivity index (χ0) is 14.5. The molecule has 2 rings (SSSR count). The van der Waals surface area contributed by atoms with Gasteiger partial charge in [-0.3, -0.25) is 9.59 Å². The maximum absolute atomic E-state index is 12.7. The number of phenolic OH excluding ortho intramolecular Hbond substituents is 1. The predicted molar refractivity (Wildman–Crippen MR) is 71.8 cm³/mol. The summed E-state index contributed by atoms with van der Waals surface area (Å²) in [5.41, 5.74) is 0.694. The Morgan fingerprint density at radius 1 is 0.800 bits per heavy atom. The lowest BCUT2D eigenvalue weighted by atomic mass is 10.3. The van der Waals surface area contributed by atoms with E-state index in [0.717, 1.165) is 0 Å². The first-order chi connectivity index (χ1) is 9.54. The molecule has 0 aliphatic carbocycles. The number of aromatic hydroxyl groups is 1. The van der Waals surface area contributed by atoms with E-state index in [1.165, 1.54) is 48.5 Å². The number of amides is 2. The SMILES string of the molecule is O=C(Nc1ccc(O)cc1)C(=O)Nc1ccc(F)cc1. The molecule has 3 N–H and O–H groups in total. The Hall–Kier alpha value is -2.89. The van der Waals surface area contributed by atoms with Crippen LogP contribution in [0.25, 0.3) is 0 Å². The van der Waals surface area contributed by atoms with Crippen LogP contribution in [0.3, 0.4) is 0 Å². The summed E-state index contributed by atoms with van der Waals surface area (Å²) >= 11 is 0. The van der Waals surface area contributed by atoms with Crippen molar-refractivity contribution in [1.29, 1.82) is 0 Å². The Kier molecular flexibility index (Phi) is 3.95. The summed E-state index contributed by atoms with van der Waals surface area (Å²) in [7, 11) is 0. The number of nitrogens with one attached hydrogen (secondary N) is 2. The topological polar surface area (TPSA) is 78.4 Å². The van der Waals surface area contributed by atoms with Crippen molar-refractivity contribution in [1.82, 2.24) is 0 Å². The van der Waals surface area contributed by atoms with Gasteiger partial charge in [0.25, 0.3) is 0 Å². The number of rotatable bonds is 2. The molecule has 2 aromatic rings. The molecule has 20 heavy (non-hydrogen) atoms. The molecule has 0 unspecified atom stereocenters. The summed E-state index contributed by atoms with van der Waals surface area (Å²) in [6.45, 7) is 0. The summed E-state index contributed by atoms with van der Waals surface area (Å²) in [6, 6.07) is 10.7. The largest absolute Gasteiger partial charge is 0.508 e. The Morgan fingerprint density at radius 2 is 1.20 bits per heavy atom. The van der Waals surface area contributed by atoms with Gasteiger partial charge in [0.2, 0.25) is 0 Å². The molecule has 0 aliphatic rings. The summed E-state index contributed by atoms with van der Waals surface area (Å²) in [5.74, 6) is -2.11. The number of halogens is 1. The zero-order valence-corrected chi connectivity index (χ0v) is 10.3. The first-order valence-corrected chi connectivity index (χ1v) is 5.71. The molecule has 0 spiro atoms. The molecule has 6 heteroatoms. The predicted octanol–water partition coefficient (Wildman–Crippen LogP) is 2.11. The highest BCUT2D eigenvalue weighted by atomic mass is 19.1. The first kappa shape index (κ1) is 13.5. The van der Waals surface area contributed by atoms with Crippen LogP contribution in [-0.2, 0) is 9.59 Å². The fraction of sp³-hybridized carbons (Fsp3) is 0. The maximum Gasteiger partial charge on any atom is 0.314 e. The van der Waals surface area contributed by atoms with E-state index in [1.54, 1.807) is 0 Å². The second kappa shape index (κ2) is 5.83. The third-order valence-corrected chi connectivity index (χ3v) is 2.43. The summed E-state index contributed by atoms with van der Waals surface area (Å²) in [4.78, 5) is 23.2. The van der Waals surface area contributed by atoms with E-state index >= 15 is 0 Å². The molecule has 0 aromatic heterocycles. The maximum atomic E-state index is 12.7. The van der Waals surface area contributed by atoms with Crippen LogP contribution >= 0.6 is 0 Å². The Balaban J connectivity index is 1.96. The Labute approximate surface area is 114 Å². The van der Waals surface area contributed by atoms with Gasteiger partial charge in [-0.2, -0.15) is 0 Å². The molecular formula is C14H11FN2O3. The van der Waals surface area contributed by atoms with Crippen molar-refractivity contribution < 1.29 is 19.1 Å². The lowest BCUT2D eigenvalue weighted by molar-refractivity contribution is -0.132. The van der Waals surface area contributed by atoms with E-state index in [4.69, 9.17) is 5.11 Å². The lowest BCUT2D eigenvalue weighted by Crippen LogP contribution is -2.29. The van der Waals surface area contributed by atoms with Crippen LogP contribution in [-0.4, -0.2) is 16.9 Å². The van der Waals surface area contributed by atoms with Crippen molar-refractivity contribution in [2.45, 2.75) is 0 Å². The molecule has 0 aliphatic heterocycles. The van der Waals surface area contributed by atoms with Gasteiger partial charge in [0.05, 0.1) is 0 Å². The second-order valence-corrected chi connectivity index (χ2v) is 3.96. The molecule has 0 atom stereocenters. The van der Waals surface area contributed by atoms with E-state index in [-0.39, 0.29) is 5.75 Å². The smallest absolute Gasteiger partial charge is 0.314 e. The average Bonchev–Trinajstić information content (AvgIpc) is 2.44. The van der Waals surface area contributed by atoms with E-state index in [9.17, 15) is 14.0 Å². The first-order valence-electron chi connectivity index (χ1n) is 5.71. The molecule has 0 heterocycles. The number of phenols is 1. The average molecular weight is 274 g/mol. The standard InChI is InChI=1S/C14H11FN2O3/c15-9-1-3-10(4-2-9)16-13(19)14(20)17-11-5-7-12(18)8-6-11/h1-8,18H,(H,16,19)(H,17,20). The van der Waals surface area contributed by atoms with E-state index in [2.05, 4.69) is 10.6 Å². The highest BCUT2D eigenvalue weighted by molar-refractivity contribution is 6.43. The molecule has 102 valence electrons. The molecular weight excluding hydrogens is 263 g/mol. The molecule has 5 nitrogen and oxygen atoms in total. The summed E-state index contributed by atoms with van der Waals surface area (Å²) in [5, 5.41) is 13.8. The van der Waals surface area contributed by atoms with Crippen LogP contribution in [0.15, 0.2) is 48.5 Å². The molecule has 0 saturated carbocycles. The van der Waals surface area contributed by atoms with Gasteiger partial charge < -0.3 is 15.7 Å². The molecule has 0 fully saturated rings. The van der Waals surface area contributed by atoms with Gasteiger partial charge in [-0.1, -0.05) is 0 Å². The van der Waals surface area contributed by atoms with Crippen LogP contribution < -0.4 is 10.6 Å². The van der Waals surface area contributed by atoms with Gasteiger partial charge in [-0.25, -0.2) is 4.39 Å². The number of carbonyl (C=O) groups is 2. The monoisotopic (exact) mass is 274 g/mol. The van der Waals surface area contributed by atoms with Gasteiger partial charge in [0.1, 0.15) is 11.6 Å². The molecule has 0 saturated heterocycles. The molecule has 2 aromatic carbocycles. The highest BCUT2D eigenvalue weighted by Crippen LogP contribution is 2.14. The van der Waals surface area contributed by atoms with E-state index in [1.807, 2.05) is 0 Å². The fourth-order valence-corrected chi connectivity index (χ4v) is 1.45. The molecule has 2 amide bonds. The molecule has 0 radical (unpaired) electrons. The molecule has 0 bridgehead atoms. The quantitative estimate of drug-likeness (QED) is 0.579. The van der Waals surface area contributed by atoms with Crippen molar-refractivity contribution in [2.24, 2.45) is 0 Å². The Bertz CT molecular complexity index is 566. The van der Waals surface area contributed by atoms with Gasteiger partial charge in [-0.15, -0.1) is 0 Å². The summed E-state index contributed by atoms with van der Waals surface area (Å²) < 4.78 is 12.7. The number of hydrogen-bond acceptors (Lipinski definition) is 3. The van der Waals surface area contributed by atoms with Crippen LogP contribution in [0.1, 0.15) is 0 Å². The van der Waals surface area contributed by atoms with Crippen LogP contribution in [0.2, 0.25) is 0 Å². The van der Waals surface area contributed by atoms with Crippen molar-refractivity contribution in [3.8, 4) is 5.75 Å². The Morgan fingerprint density at radius 3 is 1.65 bits per heavy atom. The third-order valence-electron chi connectivity index (χ3n) is 2.43. The lowest BCUT2D eigenvalue weighted by Gasteiger charge is -2.06. The number of hydrogen-bond donors (Lipinski definition) is 3. The minimum Gasteiger partial charge on any atom is -0.508 e. The van der Waals surface area contributed by atoms with Gasteiger partial charge in [0.15, 0.2) is 0 Å². The van der Waals surface area contributed by atoms with Gasteiger partial charge in [-0.05, 0) is 48.5 Å². The van der Waals surface area contributed by atoms with Crippen LogP contribution in [0.5, 0.6) is 5.75 Å². The van der Waals surface area contributed by atoms with Crippen molar-refractivity contribution >= 4 is 23.2 Å². The van der Waals surface area contributed by atoms with E-state index < -0.39 is 17.6 Å². The second-order valence-electron chi connectivity index (χ2n) is 3.96. The minimum atomic E-state index is -0.871. The van der Waals surface area contributed by atoms with Crippen molar-refractivity contribution in [2.75, 3.05) is 10.6 Å². The van der Waals surface area contributed by atoms with Gasteiger partial charge in [0, 0.05) is 11.4 Å². The number of anilines is 2. The van der Waals surface area contributed by atoms with Crippen molar-refractivity contribution in [3.63, 3.8) is 0 Å². The number of benzene rings is 2. The van der Waals surface area contributed by atoms with Crippen molar-refractivity contribution in [3.05, 3.63) is 54.3 Å². The zero-order valence-electron chi connectivity index (χ0n) is 10.3. The van der Waals surface area contributed by atoms with Crippen LogP contribution in [0.4, 0.5) is 15.8 Å². The highest BCUT2D eigenvalue weighted by Gasteiger charge is 2.13. The van der Waals surface area contributed by atoms with E-state index in [0.29, 0.717) is 11.4 Å². The van der Waals surface area contributed by atoms with Gasteiger partial charge >= 0.3 is 11.8 Å². The number of carbonyl (C=O) groups excluding carboxylic acids is 2. The van der Waals surface area contributed by atoms with Crippen LogP contribution in [0, 0.1) is 5.82 Å². The summed E-state index contributed by atoms with van der Waals surface area (Å²) in [6.07, 6.45) is 0. The fourth-order valence-electron chi connectivity index (χ4n) is 1.45. The third kappa shape index (κ3) is 3.55. The normalized spacial score (nSPS) is 9.85. The minimum absolute atomic E-state index is 0.0544.